The first-order valence-corrected chi connectivity index (χ1v) is 22.5. The summed E-state index contributed by atoms with van der Waals surface area (Å²) in [5.74, 6) is 0.508. The summed E-state index contributed by atoms with van der Waals surface area (Å²) in [7, 11) is -9.64. The zero-order valence-electron chi connectivity index (χ0n) is 32.1. The SMILES string of the molecule is CCC(C)CCCCCCCCC(=O)OC[C@H](COP(=O)(O)OC[C@@H](O)COP(=O)(O)O)OC(=O)CCCCCCCCCCCCCC(C)C. The Balaban J connectivity index is 4.57. The molecule has 15 heteroatoms. The fourth-order valence-electron chi connectivity index (χ4n) is 5.33. The van der Waals surface area contributed by atoms with Gasteiger partial charge in [0, 0.05) is 12.8 Å². The summed E-state index contributed by atoms with van der Waals surface area (Å²) in [5.41, 5.74) is 0. The number of carbonyl (C=O) groups excluding carboxylic acids is 2. The van der Waals surface area contributed by atoms with Crippen LogP contribution in [-0.2, 0) is 41.8 Å². The van der Waals surface area contributed by atoms with Crippen molar-refractivity contribution in [2.45, 2.75) is 181 Å². The van der Waals surface area contributed by atoms with Gasteiger partial charge in [0.1, 0.15) is 12.7 Å². The van der Waals surface area contributed by atoms with Crippen LogP contribution in [0.2, 0.25) is 0 Å². The summed E-state index contributed by atoms with van der Waals surface area (Å²) < 4.78 is 47.6. The van der Waals surface area contributed by atoms with Gasteiger partial charge in [-0.15, -0.1) is 0 Å². The monoisotopic (exact) mass is 774 g/mol. The number of rotatable bonds is 36. The third-order valence-electron chi connectivity index (χ3n) is 8.70. The smallest absolute Gasteiger partial charge is 0.462 e. The number of unbranched alkanes of at least 4 members (excludes halogenated alkanes) is 15. The van der Waals surface area contributed by atoms with Crippen LogP contribution in [0.4, 0.5) is 0 Å². The molecule has 4 N–H and O–H groups in total. The minimum absolute atomic E-state index is 0.136. The molecule has 0 rings (SSSR count). The number of aliphatic hydroxyl groups is 1. The third kappa shape index (κ3) is 35.9. The van der Waals surface area contributed by atoms with E-state index in [9.17, 15) is 28.7 Å². The molecule has 13 nitrogen and oxygen atoms in total. The summed E-state index contributed by atoms with van der Waals surface area (Å²) in [6, 6.07) is 0. The van der Waals surface area contributed by atoms with E-state index in [0.717, 1.165) is 50.4 Å². The van der Waals surface area contributed by atoms with Gasteiger partial charge < -0.3 is 29.3 Å². The van der Waals surface area contributed by atoms with E-state index in [0.29, 0.717) is 12.8 Å². The highest BCUT2D eigenvalue weighted by Crippen LogP contribution is 2.43. The highest BCUT2D eigenvalue weighted by atomic mass is 31.2. The van der Waals surface area contributed by atoms with Crippen molar-refractivity contribution in [2.75, 3.05) is 26.4 Å². The van der Waals surface area contributed by atoms with Gasteiger partial charge in [-0.2, -0.15) is 0 Å². The highest BCUT2D eigenvalue weighted by molar-refractivity contribution is 7.47. The Labute approximate surface area is 308 Å². The van der Waals surface area contributed by atoms with Gasteiger partial charge >= 0.3 is 27.6 Å². The zero-order chi connectivity index (χ0) is 38.4. The van der Waals surface area contributed by atoms with Gasteiger partial charge in [-0.05, 0) is 24.7 Å². The van der Waals surface area contributed by atoms with Gasteiger partial charge in [0.25, 0.3) is 0 Å². The van der Waals surface area contributed by atoms with Gasteiger partial charge in [0.2, 0.25) is 0 Å². The average Bonchev–Trinajstić information content (AvgIpc) is 3.06. The van der Waals surface area contributed by atoms with Crippen molar-refractivity contribution in [1.29, 1.82) is 0 Å². The van der Waals surface area contributed by atoms with Crippen molar-refractivity contribution in [1.82, 2.24) is 0 Å². The number of aliphatic hydroxyl groups excluding tert-OH is 1. The molecule has 0 aliphatic rings. The van der Waals surface area contributed by atoms with Gasteiger partial charge in [-0.25, -0.2) is 9.13 Å². The van der Waals surface area contributed by atoms with Crippen LogP contribution in [0.3, 0.4) is 0 Å². The molecule has 0 fully saturated rings. The maximum absolute atomic E-state index is 12.6. The molecule has 2 unspecified atom stereocenters. The molecule has 0 aromatic heterocycles. The molecule has 0 aromatic rings. The number of phosphoric acid groups is 2. The third-order valence-corrected chi connectivity index (χ3v) is 10.1. The minimum Gasteiger partial charge on any atom is -0.462 e. The van der Waals surface area contributed by atoms with E-state index >= 15 is 0 Å². The molecule has 0 radical (unpaired) electrons. The van der Waals surface area contributed by atoms with Crippen molar-refractivity contribution < 1.29 is 61.6 Å². The van der Waals surface area contributed by atoms with Crippen LogP contribution >= 0.6 is 15.6 Å². The van der Waals surface area contributed by atoms with Gasteiger partial charge in [-0.3, -0.25) is 23.2 Å². The molecule has 51 heavy (non-hydrogen) atoms. The second-order valence-electron chi connectivity index (χ2n) is 14.3. The molecule has 4 atom stereocenters. The van der Waals surface area contributed by atoms with Crippen molar-refractivity contribution in [3.05, 3.63) is 0 Å². The van der Waals surface area contributed by atoms with Crippen LogP contribution < -0.4 is 0 Å². The van der Waals surface area contributed by atoms with E-state index in [1.54, 1.807) is 0 Å². The van der Waals surface area contributed by atoms with Gasteiger partial charge in [0.15, 0.2) is 6.10 Å². The summed E-state index contributed by atoms with van der Waals surface area (Å²) in [6.45, 7) is 6.32. The number of hydrogen-bond acceptors (Lipinski definition) is 10. The zero-order valence-corrected chi connectivity index (χ0v) is 33.8. The highest BCUT2D eigenvalue weighted by Gasteiger charge is 2.28. The summed E-state index contributed by atoms with van der Waals surface area (Å²) in [5, 5.41) is 9.71. The summed E-state index contributed by atoms with van der Waals surface area (Å²) in [6.07, 6.45) is 19.9. The number of hydrogen-bond donors (Lipinski definition) is 4. The molecule has 304 valence electrons. The molecule has 0 spiro atoms. The molecule has 0 aromatic carbocycles. The van der Waals surface area contributed by atoms with Crippen molar-refractivity contribution in [3.63, 3.8) is 0 Å². The Morgan fingerprint density at radius 3 is 1.49 bits per heavy atom. The van der Waals surface area contributed by atoms with Crippen molar-refractivity contribution in [2.24, 2.45) is 11.8 Å². The second-order valence-corrected chi connectivity index (χ2v) is 17.0. The number of carbonyl (C=O) groups is 2. The van der Waals surface area contributed by atoms with Crippen molar-refractivity contribution in [3.8, 4) is 0 Å². The summed E-state index contributed by atoms with van der Waals surface area (Å²) >= 11 is 0. The Hall–Kier alpha value is -0.880. The van der Waals surface area contributed by atoms with E-state index in [1.807, 2.05) is 0 Å². The normalized spacial score (nSPS) is 15.0. The molecule has 0 amide bonds. The maximum atomic E-state index is 12.6. The lowest BCUT2D eigenvalue weighted by atomic mass is 10.00. The molecule has 0 aliphatic heterocycles. The molecule has 0 heterocycles. The van der Waals surface area contributed by atoms with E-state index in [-0.39, 0.29) is 19.4 Å². The molecular formula is C36H72O13P2. The molecule has 0 aliphatic carbocycles. The predicted molar refractivity (Wildman–Crippen MR) is 198 cm³/mol. The molecule has 0 bridgehead atoms. The number of ether oxygens (including phenoxy) is 2. The lowest BCUT2D eigenvalue weighted by Crippen LogP contribution is -2.30. The van der Waals surface area contributed by atoms with Gasteiger partial charge in [0.05, 0.1) is 19.8 Å². The van der Waals surface area contributed by atoms with E-state index in [4.69, 9.17) is 23.8 Å². The Morgan fingerprint density at radius 2 is 1.00 bits per heavy atom. The molecule has 0 saturated carbocycles. The first kappa shape index (κ1) is 50.1. The molecular weight excluding hydrogens is 702 g/mol. The topological polar surface area (TPSA) is 195 Å². The quantitative estimate of drug-likeness (QED) is 0.0268. The van der Waals surface area contributed by atoms with Crippen LogP contribution in [0.1, 0.15) is 169 Å². The standard InChI is InChI=1S/C36H72O13P2/c1-5-32(4)24-20-16-13-14-17-21-25-35(38)45-29-34(30-48-51(43,44)47-28-33(37)27-46-50(40,41)42)49-36(39)26-22-18-12-10-8-6-7-9-11-15-19-23-31(2)3/h31-34,37H,5-30H2,1-4H3,(H,43,44)(H2,40,41,42)/t32?,33-,34+/m0/s1. The lowest BCUT2D eigenvalue weighted by molar-refractivity contribution is -0.161. The Bertz CT molecular complexity index is 959. The maximum Gasteiger partial charge on any atom is 0.472 e. The van der Waals surface area contributed by atoms with E-state index < -0.39 is 59.6 Å². The first-order valence-electron chi connectivity index (χ1n) is 19.5. The summed E-state index contributed by atoms with van der Waals surface area (Å²) in [4.78, 5) is 52.4. The lowest BCUT2D eigenvalue weighted by Gasteiger charge is -2.20. The van der Waals surface area contributed by atoms with Crippen LogP contribution in [0.5, 0.6) is 0 Å². The van der Waals surface area contributed by atoms with Crippen LogP contribution in [0, 0.1) is 11.8 Å². The van der Waals surface area contributed by atoms with Gasteiger partial charge in [-0.1, -0.05) is 143 Å². The molecule has 0 saturated heterocycles. The number of phosphoric ester groups is 2. The Kier molecular flexibility index (Phi) is 30.9. The number of esters is 2. The van der Waals surface area contributed by atoms with Crippen molar-refractivity contribution >= 4 is 27.6 Å². The second kappa shape index (κ2) is 31.5. The van der Waals surface area contributed by atoms with E-state index in [2.05, 4.69) is 36.7 Å². The van der Waals surface area contributed by atoms with Crippen LogP contribution in [0.15, 0.2) is 0 Å². The largest absolute Gasteiger partial charge is 0.472 e. The first-order chi connectivity index (χ1) is 24.1. The fraction of sp³-hybridized carbons (Fsp3) is 0.944. The average molecular weight is 775 g/mol. The predicted octanol–water partition coefficient (Wildman–Crippen LogP) is 8.94. The Morgan fingerprint density at radius 1 is 0.569 bits per heavy atom. The van der Waals surface area contributed by atoms with Crippen LogP contribution in [-0.4, -0.2) is 70.4 Å². The van der Waals surface area contributed by atoms with E-state index in [1.165, 1.54) is 77.0 Å². The van der Waals surface area contributed by atoms with Crippen LogP contribution in [0.25, 0.3) is 0 Å². The fourth-order valence-corrected chi connectivity index (χ4v) is 6.49. The minimum atomic E-state index is -4.85.